The van der Waals surface area contributed by atoms with E-state index in [-0.39, 0.29) is 12.1 Å². The van der Waals surface area contributed by atoms with Gasteiger partial charge in [0.15, 0.2) is 0 Å². The van der Waals surface area contributed by atoms with Gasteiger partial charge in [-0.25, -0.2) is 16.3 Å². The molecule has 1 heterocycles. The molecule has 0 amide bonds. The third kappa shape index (κ3) is 3.98. The second-order valence-electron chi connectivity index (χ2n) is 7.79. The fourth-order valence-electron chi connectivity index (χ4n) is 4.42. The highest BCUT2D eigenvalue weighted by molar-refractivity contribution is 6.30. The summed E-state index contributed by atoms with van der Waals surface area (Å²) in [5, 5.41) is 12.1. The van der Waals surface area contributed by atoms with Crippen molar-refractivity contribution in [3.8, 4) is 0 Å². The molecule has 2 aliphatic rings. The van der Waals surface area contributed by atoms with Crippen LogP contribution in [0.1, 0.15) is 43.2 Å². The molecule has 1 aliphatic carbocycles. The molecule has 0 unspecified atom stereocenters. The number of para-hydroxylation sites is 1. The zero-order chi connectivity index (χ0) is 20.3. The predicted octanol–water partition coefficient (Wildman–Crippen LogP) is 3.60. The fraction of sp³-hybridized carbons (Fsp3) is 0.409. The summed E-state index contributed by atoms with van der Waals surface area (Å²) in [6.45, 7) is 0.697. The molecule has 1 aliphatic heterocycles. The van der Waals surface area contributed by atoms with Crippen molar-refractivity contribution in [3.63, 3.8) is 0 Å². The van der Waals surface area contributed by atoms with E-state index in [1.54, 1.807) is 0 Å². The number of hydrogen-bond acceptors (Lipinski definition) is 6. The van der Waals surface area contributed by atoms with Gasteiger partial charge in [0.25, 0.3) is 0 Å². The zero-order valence-corrected chi connectivity index (χ0v) is 17.3. The minimum atomic E-state index is -0.343. The molecule has 4 rings (SSSR count). The minimum Gasteiger partial charge on any atom is -0.396 e. The third-order valence-electron chi connectivity index (χ3n) is 5.93. The Kier molecular flexibility index (Phi) is 6.06. The van der Waals surface area contributed by atoms with Crippen molar-refractivity contribution in [3.05, 3.63) is 58.6 Å². The van der Waals surface area contributed by atoms with Crippen molar-refractivity contribution in [2.75, 3.05) is 11.6 Å². The number of aliphatic hydroxyl groups is 1. The van der Waals surface area contributed by atoms with Gasteiger partial charge in [0.1, 0.15) is 11.4 Å². The van der Waals surface area contributed by atoms with E-state index < -0.39 is 0 Å². The van der Waals surface area contributed by atoms with Crippen LogP contribution in [0, 0.1) is 0 Å². The molecule has 0 saturated heterocycles. The lowest BCUT2D eigenvalue weighted by Crippen LogP contribution is -2.65. The molecule has 154 valence electrons. The van der Waals surface area contributed by atoms with Crippen LogP contribution in [-0.2, 0) is 13.0 Å². The first kappa shape index (κ1) is 20.2. The van der Waals surface area contributed by atoms with E-state index in [9.17, 15) is 5.11 Å². The highest BCUT2D eigenvalue weighted by Gasteiger charge is 2.45. The van der Waals surface area contributed by atoms with Crippen molar-refractivity contribution in [1.29, 1.82) is 0 Å². The molecule has 1 saturated carbocycles. The molecule has 5 N–H and O–H groups in total. The highest BCUT2D eigenvalue weighted by atomic mass is 35.5. The molecule has 2 aromatic carbocycles. The van der Waals surface area contributed by atoms with Crippen molar-refractivity contribution < 1.29 is 5.11 Å². The van der Waals surface area contributed by atoms with Crippen molar-refractivity contribution in [2.24, 2.45) is 10.8 Å². The number of anilines is 1. The van der Waals surface area contributed by atoms with E-state index in [4.69, 9.17) is 22.4 Å². The second kappa shape index (κ2) is 8.71. The summed E-state index contributed by atoms with van der Waals surface area (Å²) in [6, 6.07) is 13.8. The van der Waals surface area contributed by atoms with Crippen LogP contribution in [0.3, 0.4) is 0 Å². The summed E-state index contributed by atoms with van der Waals surface area (Å²) in [5.74, 6) is 7.57. The molecule has 1 spiro atoms. The number of rotatable bonds is 5. The van der Waals surface area contributed by atoms with Crippen LogP contribution in [0.25, 0.3) is 0 Å². The summed E-state index contributed by atoms with van der Waals surface area (Å²) in [5.41, 5.74) is 10.2. The molecule has 1 fully saturated rings. The van der Waals surface area contributed by atoms with E-state index in [1.165, 1.54) is 6.42 Å². The Hall–Kier alpha value is -2.12. The molecule has 0 aromatic heterocycles. The molecule has 0 radical (unpaired) electrons. The van der Waals surface area contributed by atoms with Crippen molar-refractivity contribution >= 4 is 28.8 Å². The average Bonchev–Trinajstić information content (AvgIpc) is 2.73. The van der Waals surface area contributed by atoms with E-state index in [2.05, 4.69) is 10.9 Å². The van der Waals surface area contributed by atoms with Gasteiger partial charge in [-0.2, -0.15) is 0 Å². The zero-order valence-electron chi connectivity index (χ0n) is 16.5. The number of hydrazine groups is 2. The van der Waals surface area contributed by atoms with Gasteiger partial charge in [-0.3, -0.25) is 5.01 Å². The van der Waals surface area contributed by atoms with Crippen LogP contribution in [0.4, 0.5) is 11.4 Å². The van der Waals surface area contributed by atoms with E-state index in [1.807, 2.05) is 47.5 Å². The van der Waals surface area contributed by atoms with E-state index in [0.717, 1.165) is 59.0 Å². The van der Waals surface area contributed by atoms with Crippen molar-refractivity contribution in [2.45, 2.75) is 50.6 Å². The number of amidine groups is 1. The number of aliphatic imine (C=N–C) groups is 1. The summed E-state index contributed by atoms with van der Waals surface area (Å²) in [7, 11) is 0. The Morgan fingerprint density at radius 1 is 1.14 bits per heavy atom. The maximum Gasteiger partial charge on any atom is 0.144 e. The lowest BCUT2D eigenvalue weighted by molar-refractivity contribution is 0.299. The highest BCUT2D eigenvalue weighted by Crippen LogP contribution is 2.44. The van der Waals surface area contributed by atoms with Gasteiger partial charge in [0.05, 0.1) is 11.4 Å². The van der Waals surface area contributed by atoms with Gasteiger partial charge in [0.2, 0.25) is 0 Å². The first-order valence-corrected chi connectivity index (χ1v) is 10.6. The van der Waals surface area contributed by atoms with E-state index in [0.29, 0.717) is 13.0 Å². The number of halogens is 1. The third-order valence-corrected chi connectivity index (χ3v) is 6.17. The van der Waals surface area contributed by atoms with Crippen LogP contribution in [0.2, 0.25) is 5.02 Å². The van der Waals surface area contributed by atoms with Crippen LogP contribution >= 0.6 is 11.6 Å². The van der Waals surface area contributed by atoms with Crippen molar-refractivity contribution in [1.82, 2.24) is 10.9 Å². The van der Waals surface area contributed by atoms with Gasteiger partial charge in [-0.05, 0) is 48.6 Å². The van der Waals surface area contributed by atoms with Crippen LogP contribution in [-0.4, -0.2) is 23.1 Å². The quantitative estimate of drug-likeness (QED) is 0.444. The number of nitrogens with zero attached hydrogens (tertiary/aromatic N) is 2. The Morgan fingerprint density at radius 3 is 2.69 bits per heavy atom. The Morgan fingerprint density at radius 2 is 1.93 bits per heavy atom. The minimum absolute atomic E-state index is 0.0808. The van der Waals surface area contributed by atoms with Crippen LogP contribution in [0.15, 0.2) is 47.5 Å². The molecule has 0 bridgehead atoms. The number of nitrogens with two attached hydrogens (primary N) is 1. The Labute approximate surface area is 176 Å². The summed E-state index contributed by atoms with van der Waals surface area (Å²) in [4.78, 5) is 5.02. The second-order valence-corrected chi connectivity index (χ2v) is 8.23. The normalized spacial score (nSPS) is 17.8. The fourth-order valence-corrected chi connectivity index (χ4v) is 4.63. The maximum absolute atomic E-state index is 9.45. The first-order chi connectivity index (χ1) is 14.1. The summed E-state index contributed by atoms with van der Waals surface area (Å²) >= 11 is 6.10. The predicted molar refractivity (Wildman–Crippen MR) is 118 cm³/mol. The first-order valence-electron chi connectivity index (χ1n) is 10.2. The van der Waals surface area contributed by atoms with Gasteiger partial charge in [-0.15, -0.1) is 0 Å². The molecule has 29 heavy (non-hydrogen) atoms. The largest absolute Gasteiger partial charge is 0.396 e. The van der Waals surface area contributed by atoms with Gasteiger partial charge >= 0.3 is 0 Å². The monoisotopic (exact) mass is 413 g/mol. The Bertz CT molecular complexity index is 895. The van der Waals surface area contributed by atoms with Crippen LogP contribution in [0.5, 0.6) is 0 Å². The van der Waals surface area contributed by atoms with Crippen LogP contribution < -0.4 is 21.7 Å². The van der Waals surface area contributed by atoms with Gasteiger partial charge in [0, 0.05) is 18.2 Å². The molecule has 6 nitrogen and oxygen atoms in total. The molecule has 0 atom stereocenters. The van der Waals surface area contributed by atoms with E-state index >= 15 is 0 Å². The molecular weight excluding hydrogens is 386 g/mol. The Balaban J connectivity index is 1.64. The lowest BCUT2D eigenvalue weighted by atomic mass is 9.78. The molecule has 7 heteroatoms. The summed E-state index contributed by atoms with van der Waals surface area (Å²) < 4.78 is 0. The smallest absolute Gasteiger partial charge is 0.144 e. The summed E-state index contributed by atoms with van der Waals surface area (Å²) in [6.07, 6.45) is 5.92. The number of nitrogens with one attached hydrogen (secondary N) is 2. The maximum atomic E-state index is 9.45. The number of benzene rings is 2. The molecular formula is C22H28ClN5O. The number of aliphatic hydroxyl groups excluding tert-OH is 1. The van der Waals surface area contributed by atoms with Gasteiger partial charge in [-0.1, -0.05) is 55.1 Å². The topological polar surface area (TPSA) is 85.9 Å². The van der Waals surface area contributed by atoms with Gasteiger partial charge < -0.3 is 10.5 Å². The lowest BCUT2D eigenvalue weighted by Gasteiger charge is -2.48. The SMILES string of the molecule is NN1c2cccc(CCO)c2N=C(NNCc2cccc(Cl)c2)C12CCCCC2. The number of hydrogen-bond donors (Lipinski definition) is 4. The average molecular weight is 414 g/mol. The number of fused-ring (bicyclic) bond motifs is 1. The molecule has 2 aromatic rings. The standard InChI is InChI=1S/C22H28ClN5O/c23-18-8-4-6-16(14-18)15-25-27-21-22(11-2-1-3-12-22)28(24)19-9-5-7-17(10-13-29)20(19)26-21/h4-9,14,25,29H,1-3,10-13,15,24H2,(H,26,27).